The zero-order valence-electron chi connectivity index (χ0n) is 20.6. The van der Waals surface area contributed by atoms with Crippen molar-refractivity contribution in [2.75, 3.05) is 13.2 Å². The summed E-state index contributed by atoms with van der Waals surface area (Å²) in [5.41, 5.74) is 1.91. The third-order valence-corrected chi connectivity index (χ3v) is 6.79. The minimum absolute atomic E-state index is 0.0610. The second kappa shape index (κ2) is 11.6. The standard InChI is InChI=1S/C27H38N2O5/c1-27(2,3)23-18-34-25(32)13-7-5-4-6-11-20(26(33)28-23)15-24(31)29-16-21-12-9-8-10-19(21)14-22(29)17-30/h4,6,8-10,12,20,22-23,30H,5,7,11,13-18H2,1-3H3,(H,28,33). The number of amides is 2. The van der Waals surface area contributed by atoms with E-state index in [1.54, 1.807) is 4.90 Å². The molecule has 0 spiro atoms. The highest BCUT2D eigenvalue weighted by molar-refractivity contribution is 5.86. The summed E-state index contributed by atoms with van der Waals surface area (Å²) < 4.78 is 5.44. The summed E-state index contributed by atoms with van der Waals surface area (Å²) in [5.74, 6) is -1.15. The van der Waals surface area contributed by atoms with Crippen LogP contribution in [0.5, 0.6) is 0 Å². The van der Waals surface area contributed by atoms with Gasteiger partial charge in [-0.3, -0.25) is 14.4 Å². The van der Waals surface area contributed by atoms with Crippen LogP contribution in [0.2, 0.25) is 0 Å². The van der Waals surface area contributed by atoms with Crippen LogP contribution in [0.4, 0.5) is 0 Å². The van der Waals surface area contributed by atoms with Crippen LogP contribution in [0.15, 0.2) is 36.4 Å². The number of esters is 1. The lowest BCUT2D eigenvalue weighted by Crippen LogP contribution is -2.50. The minimum atomic E-state index is -0.540. The molecular formula is C27H38N2O5. The number of allylic oxidation sites excluding steroid dienone is 2. The number of aliphatic hydroxyl groups is 1. The van der Waals surface area contributed by atoms with Crippen LogP contribution in [-0.4, -0.2) is 53.1 Å². The van der Waals surface area contributed by atoms with Crippen molar-refractivity contribution in [3.63, 3.8) is 0 Å². The van der Waals surface area contributed by atoms with Gasteiger partial charge in [0, 0.05) is 19.4 Å². The zero-order chi connectivity index (χ0) is 24.7. The molecule has 3 unspecified atom stereocenters. The number of carbonyl (C=O) groups excluding carboxylic acids is 3. The Morgan fingerprint density at radius 2 is 1.91 bits per heavy atom. The molecule has 3 rings (SSSR count). The van der Waals surface area contributed by atoms with Gasteiger partial charge in [0.2, 0.25) is 11.8 Å². The van der Waals surface area contributed by atoms with E-state index >= 15 is 0 Å². The van der Waals surface area contributed by atoms with Crippen molar-refractivity contribution >= 4 is 17.8 Å². The van der Waals surface area contributed by atoms with E-state index < -0.39 is 5.92 Å². The highest BCUT2D eigenvalue weighted by Gasteiger charge is 2.34. The number of hydrogen-bond acceptors (Lipinski definition) is 5. The first kappa shape index (κ1) is 25.9. The molecule has 0 radical (unpaired) electrons. The lowest BCUT2D eigenvalue weighted by molar-refractivity contribution is -0.146. The molecule has 2 aliphatic rings. The molecule has 0 aliphatic carbocycles. The highest BCUT2D eigenvalue weighted by Crippen LogP contribution is 2.26. The van der Waals surface area contributed by atoms with Gasteiger partial charge in [-0.15, -0.1) is 0 Å². The number of ether oxygens (including phenoxy) is 1. The van der Waals surface area contributed by atoms with Crippen LogP contribution in [0.1, 0.15) is 64.0 Å². The van der Waals surface area contributed by atoms with E-state index in [0.717, 1.165) is 17.5 Å². The first-order valence-electron chi connectivity index (χ1n) is 12.3. The maximum absolute atomic E-state index is 13.4. The summed E-state index contributed by atoms with van der Waals surface area (Å²) in [5, 5.41) is 13.0. The molecule has 1 aromatic rings. The van der Waals surface area contributed by atoms with Crippen molar-refractivity contribution in [1.82, 2.24) is 10.2 Å². The van der Waals surface area contributed by atoms with Gasteiger partial charge in [0.15, 0.2) is 0 Å². The van der Waals surface area contributed by atoms with Gasteiger partial charge >= 0.3 is 5.97 Å². The SMILES string of the molecule is CC(C)(C)C1COC(=O)CCCC=CCC(CC(=O)N2Cc3ccccc3CC2CO)C(=O)N1. The number of cyclic esters (lactones) is 1. The molecule has 7 nitrogen and oxygen atoms in total. The molecule has 186 valence electrons. The van der Waals surface area contributed by atoms with Crippen LogP contribution < -0.4 is 5.32 Å². The number of carbonyl (C=O) groups is 3. The fourth-order valence-corrected chi connectivity index (χ4v) is 4.44. The Morgan fingerprint density at radius 3 is 2.62 bits per heavy atom. The number of nitrogens with one attached hydrogen (secondary N) is 1. The molecule has 1 aromatic carbocycles. The first-order valence-corrected chi connectivity index (χ1v) is 12.3. The van der Waals surface area contributed by atoms with Gasteiger partial charge < -0.3 is 20.1 Å². The van der Waals surface area contributed by atoms with Gasteiger partial charge in [-0.2, -0.15) is 0 Å². The van der Waals surface area contributed by atoms with Gasteiger partial charge in [0.1, 0.15) is 6.61 Å². The summed E-state index contributed by atoms with van der Waals surface area (Å²) in [6.45, 7) is 6.39. The molecule has 2 heterocycles. The average molecular weight is 471 g/mol. The third kappa shape index (κ3) is 6.92. The smallest absolute Gasteiger partial charge is 0.305 e. The van der Waals surface area contributed by atoms with Crippen molar-refractivity contribution in [2.45, 2.75) is 77.9 Å². The topological polar surface area (TPSA) is 95.9 Å². The third-order valence-electron chi connectivity index (χ3n) is 6.79. The molecular weight excluding hydrogens is 432 g/mol. The molecule has 2 N–H and O–H groups in total. The van der Waals surface area contributed by atoms with Crippen molar-refractivity contribution in [3.8, 4) is 0 Å². The summed E-state index contributed by atoms with van der Waals surface area (Å²) >= 11 is 0. The fraction of sp³-hybridized carbons (Fsp3) is 0.593. The van der Waals surface area contributed by atoms with Crippen LogP contribution >= 0.6 is 0 Å². The lowest BCUT2D eigenvalue weighted by Gasteiger charge is -2.37. The van der Waals surface area contributed by atoms with Crippen molar-refractivity contribution in [3.05, 3.63) is 47.5 Å². The van der Waals surface area contributed by atoms with E-state index in [1.807, 2.05) is 57.2 Å². The minimum Gasteiger partial charge on any atom is -0.463 e. The number of hydrogen-bond donors (Lipinski definition) is 2. The molecule has 7 heteroatoms. The molecule has 3 atom stereocenters. The van der Waals surface area contributed by atoms with Gasteiger partial charge in [-0.25, -0.2) is 0 Å². The van der Waals surface area contributed by atoms with E-state index in [4.69, 9.17) is 4.74 Å². The lowest BCUT2D eigenvalue weighted by atomic mass is 9.86. The van der Waals surface area contributed by atoms with E-state index in [-0.39, 0.29) is 54.9 Å². The van der Waals surface area contributed by atoms with E-state index in [0.29, 0.717) is 32.2 Å². The van der Waals surface area contributed by atoms with Gasteiger partial charge in [0.05, 0.1) is 24.6 Å². The Balaban J connectivity index is 1.77. The van der Waals surface area contributed by atoms with Gasteiger partial charge in [0.25, 0.3) is 0 Å². The number of benzene rings is 1. The summed E-state index contributed by atoms with van der Waals surface area (Å²) in [7, 11) is 0. The normalized spacial score (nSPS) is 24.7. The summed E-state index contributed by atoms with van der Waals surface area (Å²) in [6, 6.07) is 7.31. The van der Waals surface area contributed by atoms with Crippen LogP contribution in [-0.2, 0) is 32.1 Å². The fourth-order valence-electron chi connectivity index (χ4n) is 4.44. The molecule has 34 heavy (non-hydrogen) atoms. The van der Waals surface area contributed by atoms with Crippen molar-refractivity contribution < 1.29 is 24.2 Å². The van der Waals surface area contributed by atoms with Crippen LogP contribution in [0.3, 0.4) is 0 Å². The number of fused-ring (bicyclic) bond motifs is 1. The van der Waals surface area contributed by atoms with Crippen LogP contribution in [0, 0.1) is 11.3 Å². The highest BCUT2D eigenvalue weighted by atomic mass is 16.5. The number of aliphatic hydroxyl groups excluding tert-OH is 1. The van der Waals surface area contributed by atoms with Crippen molar-refractivity contribution in [1.29, 1.82) is 0 Å². The van der Waals surface area contributed by atoms with Gasteiger partial charge in [-0.1, -0.05) is 57.2 Å². The van der Waals surface area contributed by atoms with E-state index in [9.17, 15) is 19.5 Å². The predicted molar refractivity (Wildman–Crippen MR) is 130 cm³/mol. The maximum Gasteiger partial charge on any atom is 0.305 e. The average Bonchev–Trinajstić information content (AvgIpc) is 2.81. The second-order valence-electron chi connectivity index (χ2n) is 10.4. The first-order chi connectivity index (χ1) is 16.2. The second-order valence-corrected chi connectivity index (χ2v) is 10.4. The Labute approximate surface area is 202 Å². The molecule has 0 aromatic heterocycles. The van der Waals surface area contributed by atoms with Crippen molar-refractivity contribution in [2.24, 2.45) is 11.3 Å². The Kier molecular flexibility index (Phi) is 8.89. The maximum atomic E-state index is 13.4. The Hall–Kier alpha value is -2.67. The molecule has 0 bridgehead atoms. The van der Waals surface area contributed by atoms with E-state index in [1.165, 1.54) is 0 Å². The van der Waals surface area contributed by atoms with Gasteiger partial charge in [-0.05, 0) is 42.2 Å². The molecule has 0 saturated carbocycles. The largest absolute Gasteiger partial charge is 0.463 e. The number of nitrogens with zero attached hydrogens (tertiary/aromatic N) is 1. The Morgan fingerprint density at radius 1 is 1.18 bits per heavy atom. The molecule has 2 amide bonds. The Bertz CT molecular complexity index is 905. The number of rotatable bonds is 3. The summed E-state index contributed by atoms with van der Waals surface area (Å²) in [6.07, 6.45) is 6.75. The summed E-state index contributed by atoms with van der Waals surface area (Å²) in [4.78, 5) is 40.5. The quantitative estimate of drug-likeness (QED) is 0.523. The van der Waals surface area contributed by atoms with E-state index in [2.05, 4.69) is 5.32 Å². The predicted octanol–water partition coefficient (Wildman–Crippen LogP) is 3.14. The molecule has 0 fully saturated rings. The molecule has 2 aliphatic heterocycles. The zero-order valence-corrected chi connectivity index (χ0v) is 20.6. The monoisotopic (exact) mass is 470 g/mol. The van der Waals surface area contributed by atoms with Crippen LogP contribution in [0.25, 0.3) is 0 Å². The molecule has 0 saturated heterocycles.